The zero-order valence-electron chi connectivity index (χ0n) is 9.85. The second kappa shape index (κ2) is 5.03. The van der Waals surface area contributed by atoms with Crippen molar-refractivity contribution in [3.05, 3.63) is 50.4 Å². The number of benzene rings is 1. The van der Waals surface area contributed by atoms with Gasteiger partial charge in [0.1, 0.15) is 0 Å². The lowest BCUT2D eigenvalue weighted by Crippen LogP contribution is -2.09. The van der Waals surface area contributed by atoms with Gasteiger partial charge < -0.3 is 0 Å². The van der Waals surface area contributed by atoms with Gasteiger partial charge in [-0.1, -0.05) is 23.2 Å². The fourth-order valence-corrected chi connectivity index (χ4v) is 3.74. The lowest BCUT2D eigenvalue weighted by atomic mass is 10.4. The molecule has 5 nitrogen and oxygen atoms in total. The number of sulfone groups is 1. The molecule has 1 aromatic heterocycles. The van der Waals surface area contributed by atoms with Gasteiger partial charge >= 0.3 is 0 Å². The number of hydrogen-bond acceptors (Lipinski definition) is 3. The Morgan fingerprint density at radius 1 is 1.16 bits per heavy atom. The van der Waals surface area contributed by atoms with Crippen LogP contribution in [0.5, 0.6) is 0 Å². The third-order valence-corrected chi connectivity index (χ3v) is 4.61. The van der Waals surface area contributed by atoms with Gasteiger partial charge in [0.2, 0.25) is 0 Å². The maximum Gasteiger partial charge on any atom is 0.264 e. The van der Waals surface area contributed by atoms with Crippen molar-refractivity contribution in [2.45, 2.75) is 10.6 Å². The number of hydrogen-bond donors (Lipinski definition) is 1. The average Bonchev–Trinajstić information content (AvgIpc) is 2.55. The number of nitrogens with zero attached hydrogens (tertiary/aromatic N) is 1. The molecule has 1 heterocycles. The number of aryl methyl sites for hydroxylation is 1. The monoisotopic (exact) mass is 320 g/mol. The molecule has 2 rings (SSSR count). The van der Waals surface area contributed by atoms with Gasteiger partial charge in [0.15, 0.2) is 9.84 Å². The molecule has 102 valence electrons. The van der Waals surface area contributed by atoms with E-state index in [-0.39, 0.29) is 26.3 Å². The Kier molecular flexibility index (Phi) is 3.75. The molecule has 0 spiro atoms. The first-order valence-electron chi connectivity index (χ1n) is 5.22. The molecule has 8 heteroatoms. The Bertz CT molecular complexity index is 757. The van der Waals surface area contributed by atoms with Crippen LogP contribution in [0.3, 0.4) is 0 Å². The van der Waals surface area contributed by atoms with Crippen molar-refractivity contribution in [2.24, 2.45) is 7.05 Å². The highest BCUT2D eigenvalue weighted by Gasteiger charge is 2.19. The lowest BCUT2D eigenvalue weighted by molar-refractivity contribution is 0.591. The maximum absolute atomic E-state index is 12.2. The van der Waals surface area contributed by atoms with Crippen molar-refractivity contribution in [3.8, 4) is 0 Å². The Balaban J connectivity index is 2.43. The molecule has 2 aromatic rings. The summed E-state index contributed by atoms with van der Waals surface area (Å²) in [4.78, 5) is 11.2. The largest absolute Gasteiger partial charge is 0.291 e. The summed E-state index contributed by atoms with van der Waals surface area (Å²) in [5.74, 6) is -0.307. The predicted molar refractivity (Wildman–Crippen MR) is 73.4 cm³/mol. The number of H-pyrrole nitrogens is 1. The molecule has 0 aliphatic rings. The summed E-state index contributed by atoms with van der Waals surface area (Å²) in [5.41, 5.74) is 0.0120. The van der Waals surface area contributed by atoms with E-state index in [1.54, 1.807) is 7.05 Å². The third kappa shape index (κ3) is 3.20. The normalized spacial score (nSPS) is 11.7. The van der Waals surface area contributed by atoms with E-state index < -0.39 is 9.84 Å². The first-order valence-corrected chi connectivity index (χ1v) is 7.62. The van der Waals surface area contributed by atoms with Gasteiger partial charge in [-0.3, -0.25) is 14.6 Å². The second-order valence-corrected chi connectivity index (χ2v) is 6.90. The van der Waals surface area contributed by atoms with Gasteiger partial charge in [-0.25, -0.2) is 8.42 Å². The zero-order valence-corrected chi connectivity index (χ0v) is 12.2. The smallest absolute Gasteiger partial charge is 0.264 e. The fraction of sp³-hybridized carbons (Fsp3) is 0.182. The Morgan fingerprint density at radius 2 is 1.74 bits per heavy atom. The molecular formula is C11H10Cl2N2O3S. The molecular weight excluding hydrogens is 311 g/mol. The number of aromatic amines is 1. The van der Waals surface area contributed by atoms with Crippen molar-refractivity contribution in [1.82, 2.24) is 9.78 Å². The lowest BCUT2D eigenvalue weighted by Gasteiger charge is -2.06. The highest BCUT2D eigenvalue weighted by atomic mass is 35.5. The molecule has 0 aliphatic carbocycles. The molecule has 0 saturated heterocycles. The average molecular weight is 321 g/mol. The van der Waals surface area contributed by atoms with Crippen LogP contribution in [-0.2, 0) is 22.6 Å². The van der Waals surface area contributed by atoms with Gasteiger partial charge in [0.05, 0.1) is 16.3 Å². The van der Waals surface area contributed by atoms with Crippen LogP contribution in [0.25, 0.3) is 0 Å². The van der Waals surface area contributed by atoms with Crippen molar-refractivity contribution in [3.63, 3.8) is 0 Å². The Labute approximate surface area is 119 Å². The first kappa shape index (κ1) is 14.2. The molecule has 0 atom stereocenters. The molecule has 1 aromatic carbocycles. The molecule has 0 saturated carbocycles. The molecule has 0 fully saturated rings. The summed E-state index contributed by atoms with van der Waals surface area (Å²) in [6, 6.07) is 5.35. The van der Waals surface area contributed by atoms with E-state index in [1.807, 2.05) is 0 Å². The second-order valence-electron chi connectivity index (χ2n) is 4.03. The van der Waals surface area contributed by atoms with E-state index in [4.69, 9.17) is 23.2 Å². The molecule has 0 radical (unpaired) electrons. The maximum atomic E-state index is 12.2. The van der Waals surface area contributed by atoms with Crippen LogP contribution < -0.4 is 5.56 Å². The van der Waals surface area contributed by atoms with Crippen molar-refractivity contribution in [1.29, 1.82) is 0 Å². The quantitative estimate of drug-likeness (QED) is 0.940. The fourth-order valence-electron chi connectivity index (χ4n) is 1.64. The standard InChI is InChI=1S/C11H10Cl2N2O3S/c1-15-9(5-11(16)14-15)6-19(17,18)10-3-7(12)2-8(13)4-10/h2-5H,6H2,1H3,(H,14,16). The van der Waals surface area contributed by atoms with Crippen LogP contribution in [0.2, 0.25) is 10.0 Å². The molecule has 0 amide bonds. The number of rotatable bonds is 3. The topological polar surface area (TPSA) is 71.9 Å². The van der Waals surface area contributed by atoms with E-state index >= 15 is 0 Å². The summed E-state index contributed by atoms with van der Waals surface area (Å²) in [6.07, 6.45) is 0. The van der Waals surface area contributed by atoms with Crippen molar-refractivity contribution < 1.29 is 8.42 Å². The summed E-state index contributed by atoms with van der Waals surface area (Å²) >= 11 is 11.6. The molecule has 0 unspecified atom stereocenters. The minimum atomic E-state index is -3.62. The minimum absolute atomic E-state index is 0.0265. The van der Waals surface area contributed by atoms with E-state index in [9.17, 15) is 13.2 Å². The van der Waals surface area contributed by atoms with E-state index in [1.165, 1.54) is 28.9 Å². The molecule has 1 N–H and O–H groups in total. The zero-order chi connectivity index (χ0) is 14.2. The van der Waals surface area contributed by atoms with E-state index in [2.05, 4.69) is 5.10 Å². The van der Waals surface area contributed by atoms with Gasteiger partial charge in [-0.15, -0.1) is 0 Å². The van der Waals surface area contributed by atoms with Crippen molar-refractivity contribution >= 4 is 33.0 Å². The van der Waals surface area contributed by atoms with Crippen LogP contribution >= 0.6 is 23.2 Å². The minimum Gasteiger partial charge on any atom is -0.291 e. The molecule has 19 heavy (non-hydrogen) atoms. The SMILES string of the molecule is Cn1[nH]c(=O)cc1CS(=O)(=O)c1cc(Cl)cc(Cl)c1. The first-order chi connectivity index (χ1) is 8.78. The van der Waals surface area contributed by atoms with Gasteiger partial charge in [0, 0.05) is 23.2 Å². The highest BCUT2D eigenvalue weighted by Crippen LogP contribution is 2.24. The van der Waals surface area contributed by atoms with E-state index in [0.717, 1.165) is 0 Å². The van der Waals surface area contributed by atoms with Gasteiger partial charge in [-0.2, -0.15) is 0 Å². The van der Waals surface area contributed by atoms with Crippen LogP contribution in [0.15, 0.2) is 34.0 Å². The predicted octanol–water partition coefficient (Wildman–Crippen LogP) is 1.99. The van der Waals surface area contributed by atoms with Crippen LogP contribution in [-0.4, -0.2) is 18.2 Å². The number of halogens is 2. The summed E-state index contributed by atoms with van der Waals surface area (Å²) < 4.78 is 25.8. The highest BCUT2D eigenvalue weighted by molar-refractivity contribution is 7.90. The van der Waals surface area contributed by atoms with Gasteiger partial charge in [0.25, 0.3) is 5.56 Å². The third-order valence-electron chi connectivity index (χ3n) is 2.54. The van der Waals surface area contributed by atoms with Crippen LogP contribution in [0, 0.1) is 0 Å². The summed E-state index contributed by atoms with van der Waals surface area (Å²) in [7, 11) is -2.05. The Hall–Kier alpha value is -1.24. The molecule has 0 bridgehead atoms. The van der Waals surface area contributed by atoms with E-state index in [0.29, 0.717) is 5.69 Å². The van der Waals surface area contributed by atoms with Gasteiger partial charge in [-0.05, 0) is 18.2 Å². The number of aromatic nitrogens is 2. The molecule has 0 aliphatic heterocycles. The Morgan fingerprint density at radius 3 is 2.21 bits per heavy atom. The van der Waals surface area contributed by atoms with Crippen LogP contribution in [0.1, 0.15) is 5.69 Å². The van der Waals surface area contributed by atoms with Crippen molar-refractivity contribution in [2.75, 3.05) is 0 Å². The summed E-state index contributed by atoms with van der Waals surface area (Å²) in [6.45, 7) is 0. The van der Waals surface area contributed by atoms with Crippen LogP contribution in [0.4, 0.5) is 0 Å². The number of nitrogens with one attached hydrogen (secondary N) is 1. The summed E-state index contributed by atoms with van der Waals surface area (Å²) in [5, 5.41) is 2.94.